The third-order valence-corrected chi connectivity index (χ3v) is 6.37. The van der Waals surface area contributed by atoms with Gasteiger partial charge in [0.1, 0.15) is 0 Å². The van der Waals surface area contributed by atoms with E-state index in [2.05, 4.69) is 39.7 Å². The zero-order valence-electron chi connectivity index (χ0n) is 15.8. The third-order valence-electron chi connectivity index (χ3n) is 6.37. The lowest BCUT2D eigenvalue weighted by atomic mass is 9.87. The fraction of sp³-hybridized carbons (Fsp3) is 0.435. The number of hydrogen-bond donors (Lipinski definition) is 1. The topological polar surface area (TPSA) is 68.0 Å². The van der Waals surface area contributed by atoms with E-state index < -0.39 is 0 Å². The summed E-state index contributed by atoms with van der Waals surface area (Å²) in [4.78, 5) is 18.1. The Labute approximate surface area is 163 Å². The highest BCUT2D eigenvalue weighted by Gasteiger charge is 2.34. The minimum absolute atomic E-state index is 0.0268. The summed E-state index contributed by atoms with van der Waals surface area (Å²) in [5.41, 5.74) is 5.71. The van der Waals surface area contributed by atoms with Gasteiger partial charge in [0.2, 0.25) is 0 Å². The lowest BCUT2D eigenvalue weighted by molar-refractivity contribution is 0.0934. The normalized spacial score (nSPS) is 21.5. The molecule has 5 nitrogen and oxygen atoms in total. The maximum absolute atomic E-state index is 13.4. The van der Waals surface area contributed by atoms with Crippen molar-refractivity contribution in [3.05, 3.63) is 58.4 Å². The highest BCUT2D eigenvalue weighted by Crippen LogP contribution is 2.45. The number of carbonyl (C=O) groups is 1. The Morgan fingerprint density at radius 2 is 1.89 bits per heavy atom. The molecule has 0 bridgehead atoms. The van der Waals surface area contributed by atoms with E-state index >= 15 is 0 Å². The molecular weight excluding hydrogens is 350 g/mol. The van der Waals surface area contributed by atoms with E-state index in [4.69, 9.17) is 4.52 Å². The molecule has 1 N–H and O–H groups in total. The van der Waals surface area contributed by atoms with Crippen LogP contribution in [0, 0.1) is 0 Å². The Morgan fingerprint density at radius 3 is 2.71 bits per heavy atom. The number of benzene rings is 1. The molecule has 142 valence electrons. The predicted octanol–water partition coefficient (Wildman–Crippen LogP) is 4.79. The van der Waals surface area contributed by atoms with Crippen molar-refractivity contribution in [2.24, 2.45) is 0 Å². The standard InChI is InChI=1S/C23H23N3O2/c27-22(24-18-7-3-5-13-4-1-2-6-16(13)18)17-12-19(14-8-9-14)25-23-20(17)21(26-28-23)15-10-11-15/h1-2,4,6,12,14-15,18H,3,5,7-11H2,(H,24,27). The molecule has 5 heteroatoms. The Balaban J connectivity index is 1.40. The fourth-order valence-corrected chi connectivity index (χ4v) is 4.53. The van der Waals surface area contributed by atoms with Gasteiger partial charge in [-0.2, -0.15) is 0 Å². The summed E-state index contributed by atoms with van der Waals surface area (Å²) in [7, 11) is 0. The molecule has 0 spiro atoms. The fourth-order valence-electron chi connectivity index (χ4n) is 4.53. The lowest BCUT2D eigenvalue weighted by Crippen LogP contribution is -2.31. The van der Waals surface area contributed by atoms with Gasteiger partial charge in [-0.05, 0) is 62.1 Å². The molecule has 1 aromatic carbocycles. The van der Waals surface area contributed by atoms with Crippen molar-refractivity contribution in [2.45, 2.75) is 62.8 Å². The Kier molecular flexibility index (Phi) is 3.58. The second kappa shape index (κ2) is 6.16. The molecule has 28 heavy (non-hydrogen) atoms. The van der Waals surface area contributed by atoms with Crippen LogP contribution in [0.1, 0.15) is 89.3 Å². The molecular formula is C23H23N3O2. The highest BCUT2D eigenvalue weighted by atomic mass is 16.5. The number of amides is 1. The number of pyridine rings is 1. The molecule has 1 unspecified atom stereocenters. The average molecular weight is 373 g/mol. The van der Waals surface area contributed by atoms with Crippen LogP contribution < -0.4 is 5.32 Å². The van der Waals surface area contributed by atoms with Crippen LogP contribution in [0.3, 0.4) is 0 Å². The van der Waals surface area contributed by atoms with Gasteiger partial charge in [0, 0.05) is 17.5 Å². The highest BCUT2D eigenvalue weighted by molar-refractivity contribution is 6.06. The van der Waals surface area contributed by atoms with Crippen molar-refractivity contribution in [1.29, 1.82) is 0 Å². The van der Waals surface area contributed by atoms with E-state index in [0.717, 1.165) is 61.7 Å². The van der Waals surface area contributed by atoms with Gasteiger partial charge >= 0.3 is 0 Å². The van der Waals surface area contributed by atoms with Crippen LogP contribution in [-0.4, -0.2) is 16.0 Å². The monoisotopic (exact) mass is 373 g/mol. The molecule has 1 amide bonds. The summed E-state index contributed by atoms with van der Waals surface area (Å²) in [5, 5.41) is 8.42. The van der Waals surface area contributed by atoms with Crippen LogP contribution in [0.15, 0.2) is 34.9 Å². The number of carbonyl (C=O) groups excluding carboxylic acids is 1. The van der Waals surface area contributed by atoms with E-state index in [1.165, 1.54) is 11.1 Å². The molecule has 2 aromatic heterocycles. The van der Waals surface area contributed by atoms with E-state index in [1.807, 2.05) is 6.07 Å². The maximum atomic E-state index is 13.4. The summed E-state index contributed by atoms with van der Waals surface area (Å²) in [6, 6.07) is 10.5. The molecule has 3 aliphatic carbocycles. The van der Waals surface area contributed by atoms with Crippen LogP contribution in [-0.2, 0) is 6.42 Å². The van der Waals surface area contributed by atoms with Gasteiger partial charge in [0.05, 0.1) is 22.7 Å². The second-order valence-electron chi connectivity index (χ2n) is 8.51. The van der Waals surface area contributed by atoms with E-state index in [-0.39, 0.29) is 11.9 Å². The molecule has 1 atom stereocenters. The Bertz CT molecular complexity index is 1080. The molecule has 3 aromatic rings. The van der Waals surface area contributed by atoms with Crippen LogP contribution >= 0.6 is 0 Å². The Morgan fingerprint density at radius 1 is 1.07 bits per heavy atom. The molecule has 3 aliphatic rings. The first kappa shape index (κ1) is 16.3. The van der Waals surface area contributed by atoms with Gasteiger partial charge in [0.25, 0.3) is 11.6 Å². The van der Waals surface area contributed by atoms with Gasteiger partial charge in [-0.15, -0.1) is 0 Å². The van der Waals surface area contributed by atoms with Crippen molar-refractivity contribution in [3.8, 4) is 0 Å². The van der Waals surface area contributed by atoms with Crippen molar-refractivity contribution in [1.82, 2.24) is 15.5 Å². The number of aryl methyl sites for hydroxylation is 1. The molecule has 0 saturated heterocycles. The third kappa shape index (κ3) is 2.72. The summed E-state index contributed by atoms with van der Waals surface area (Å²) >= 11 is 0. The quantitative estimate of drug-likeness (QED) is 0.714. The number of hydrogen-bond acceptors (Lipinski definition) is 4. The second-order valence-corrected chi connectivity index (χ2v) is 8.51. The predicted molar refractivity (Wildman–Crippen MR) is 105 cm³/mol. The van der Waals surface area contributed by atoms with Crippen LogP contribution in [0.5, 0.6) is 0 Å². The first-order valence-corrected chi connectivity index (χ1v) is 10.5. The van der Waals surface area contributed by atoms with E-state index in [1.54, 1.807) is 0 Å². The zero-order chi connectivity index (χ0) is 18.7. The minimum atomic E-state index is -0.0268. The van der Waals surface area contributed by atoms with Gasteiger partial charge < -0.3 is 9.84 Å². The molecule has 2 saturated carbocycles. The number of nitrogens with one attached hydrogen (secondary N) is 1. The maximum Gasteiger partial charge on any atom is 0.259 e. The number of nitrogens with zero attached hydrogens (tertiary/aromatic N) is 2. The van der Waals surface area contributed by atoms with Gasteiger partial charge in [-0.1, -0.05) is 29.4 Å². The van der Waals surface area contributed by atoms with Crippen molar-refractivity contribution in [2.75, 3.05) is 0 Å². The summed E-state index contributed by atoms with van der Waals surface area (Å²) < 4.78 is 5.56. The Hall–Kier alpha value is -2.69. The van der Waals surface area contributed by atoms with Crippen molar-refractivity contribution < 1.29 is 9.32 Å². The summed E-state index contributed by atoms with van der Waals surface area (Å²) in [6.07, 6.45) is 7.67. The van der Waals surface area contributed by atoms with Crippen LogP contribution in [0.25, 0.3) is 11.1 Å². The van der Waals surface area contributed by atoms with Crippen molar-refractivity contribution in [3.63, 3.8) is 0 Å². The van der Waals surface area contributed by atoms with Gasteiger partial charge in [0.15, 0.2) is 0 Å². The molecule has 2 fully saturated rings. The largest absolute Gasteiger partial charge is 0.345 e. The number of aromatic nitrogens is 2. The first-order chi connectivity index (χ1) is 13.8. The van der Waals surface area contributed by atoms with Gasteiger partial charge in [-0.25, -0.2) is 4.98 Å². The van der Waals surface area contributed by atoms with E-state index in [9.17, 15) is 4.79 Å². The molecule has 6 rings (SSSR count). The molecule has 0 radical (unpaired) electrons. The average Bonchev–Trinajstić information content (AvgIpc) is 3.65. The summed E-state index contributed by atoms with van der Waals surface area (Å²) in [6.45, 7) is 0. The number of fused-ring (bicyclic) bond motifs is 2. The lowest BCUT2D eigenvalue weighted by Gasteiger charge is -2.26. The zero-order valence-corrected chi connectivity index (χ0v) is 15.8. The van der Waals surface area contributed by atoms with Crippen LogP contribution in [0.4, 0.5) is 0 Å². The minimum Gasteiger partial charge on any atom is -0.345 e. The SMILES string of the molecule is O=C(NC1CCCc2ccccc21)c1cc(C2CC2)nc2onc(C3CC3)c12. The number of rotatable bonds is 4. The summed E-state index contributed by atoms with van der Waals surface area (Å²) in [5.74, 6) is 0.846. The molecule has 0 aliphatic heterocycles. The molecule has 2 heterocycles. The van der Waals surface area contributed by atoms with Gasteiger partial charge in [-0.3, -0.25) is 4.79 Å². The smallest absolute Gasteiger partial charge is 0.259 e. The first-order valence-electron chi connectivity index (χ1n) is 10.5. The van der Waals surface area contributed by atoms with Crippen LogP contribution in [0.2, 0.25) is 0 Å². The van der Waals surface area contributed by atoms with Crippen molar-refractivity contribution >= 4 is 17.0 Å². The van der Waals surface area contributed by atoms with E-state index in [0.29, 0.717) is 23.1 Å².